The summed E-state index contributed by atoms with van der Waals surface area (Å²) in [5, 5.41) is 0. The Morgan fingerprint density at radius 2 is 1.86 bits per heavy atom. The van der Waals surface area contributed by atoms with Crippen LogP contribution in [0.25, 0.3) is 0 Å². The molecule has 1 unspecified atom stereocenters. The first-order chi connectivity index (χ1) is 10.1. The third-order valence-corrected chi connectivity index (χ3v) is 4.48. The van der Waals surface area contributed by atoms with E-state index in [0.717, 1.165) is 23.9 Å². The lowest BCUT2D eigenvalue weighted by Gasteiger charge is -2.21. The van der Waals surface area contributed by atoms with Crippen LogP contribution >= 0.6 is 15.9 Å². The van der Waals surface area contributed by atoms with Crippen LogP contribution in [-0.2, 0) is 13.0 Å². The van der Waals surface area contributed by atoms with Crippen molar-refractivity contribution in [3.63, 3.8) is 0 Å². The summed E-state index contributed by atoms with van der Waals surface area (Å²) in [4.78, 5) is 2.25. The fraction of sp³-hybridized carbons (Fsp3) is 0.333. The molecule has 2 nitrogen and oxygen atoms in total. The van der Waals surface area contributed by atoms with Gasteiger partial charge in [0, 0.05) is 29.8 Å². The Morgan fingerprint density at radius 3 is 2.48 bits per heavy atom. The highest BCUT2D eigenvalue weighted by atomic mass is 79.9. The van der Waals surface area contributed by atoms with Crippen molar-refractivity contribution in [1.82, 2.24) is 0 Å². The van der Waals surface area contributed by atoms with Gasteiger partial charge in [0.15, 0.2) is 0 Å². The summed E-state index contributed by atoms with van der Waals surface area (Å²) in [6.07, 6.45) is 1.92. The van der Waals surface area contributed by atoms with Crippen LogP contribution in [0.1, 0.15) is 24.5 Å². The van der Waals surface area contributed by atoms with E-state index in [1.54, 1.807) is 0 Å². The van der Waals surface area contributed by atoms with Gasteiger partial charge in [0.1, 0.15) is 0 Å². The summed E-state index contributed by atoms with van der Waals surface area (Å²) in [7, 11) is 2.12. The van der Waals surface area contributed by atoms with Crippen LogP contribution in [0.15, 0.2) is 53.0 Å². The van der Waals surface area contributed by atoms with Gasteiger partial charge in [0.2, 0.25) is 0 Å². The molecule has 0 saturated carbocycles. The second kappa shape index (κ2) is 7.62. The topological polar surface area (TPSA) is 29.3 Å². The van der Waals surface area contributed by atoms with E-state index in [9.17, 15) is 0 Å². The van der Waals surface area contributed by atoms with E-state index in [4.69, 9.17) is 5.73 Å². The Hall–Kier alpha value is -1.32. The van der Waals surface area contributed by atoms with Gasteiger partial charge in [0.25, 0.3) is 0 Å². The van der Waals surface area contributed by atoms with E-state index in [-0.39, 0.29) is 6.04 Å². The van der Waals surface area contributed by atoms with Crippen LogP contribution in [0.4, 0.5) is 5.69 Å². The molecule has 2 N–H and O–H groups in total. The molecule has 0 aromatic heterocycles. The summed E-state index contributed by atoms with van der Waals surface area (Å²) < 4.78 is 1.14. The molecule has 0 bridgehead atoms. The third kappa shape index (κ3) is 4.58. The summed E-state index contributed by atoms with van der Waals surface area (Å²) in [5.41, 5.74) is 9.84. The summed E-state index contributed by atoms with van der Waals surface area (Å²) in [5.74, 6) is 0. The molecule has 2 rings (SSSR count). The zero-order valence-corrected chi connectivity index (χ0v) is 14.3. The van der Waals surface area contributed by atoms with E-state index in [2.05, 4.69) is 77.3 Å². The van der Waals surface area contributed by atoms with Crippen molar-refractivity contribution in [1.29, 1.82) is 0 Å². The maximum atomic E-state index is 6.04. The van der Waals surface area contributed by atoms with Crippen molar-refractivity contribution in [2.24, 2.45) is 5.73 Å². The molecule has 112 valence electrons. The molecule has 0 amide bonds. The Morgan fingerprint density at radius 1 is 1.14 bits per heavy atom. The number of nitrogens with two attached hydrogens (primary N) is 1. The van der Waals surface area contributed by atoms with Gasteiger partial charge in [-0.3, -0.25) is 0 Å². The van der Waals surface area contributed by atoms with E-state index in [1.807, 2.05) is 6.07 Å². The Balaban J connectivity index is 2.08. The summed E-state index contributed by atoms with van der Waals surface area (Å²) in [6, 6.07) is 17.3. The monoisotopic (exact) mass is 346 g/mol. The molecule has 1 atom stereocenters. The summed E-state index contributed by atoms with van der Waals surface area (Å²) >= 11 is 3.68. The quantitative estimate of drug-likeness (QED) is 0.841. The lowest BCUT2D eigenvalue weighted by Crippen LogP contribution is -2.21. The van der Waals surface area contributed by atoms with Crippen LogP contribution < -0.4 is 10.6 Å². The van der Waals surface area contributed by atoms with Gasteiger partial charge in [-0.05, 0) is 36.1 Å². The van der Waals surface area contributed by atoms with Gasteiger partial charge in [0.05, 0.1) is 0 Å². The number of anilines is 1. The van der Waals surface area contributed by atoms with Crippen molar-refractivity contribution in [3.8, 4) is 0 Å². The molecule has 2 aromatic rings. The van der Waals surface area contributed by atoms with Crippen molar-refractivity contribution < 1.29 is 0 Å². The van der Waals surface area contributed by atoms with Crippen LogP contribution in [0.3, 0.4) is 0 Å². The minimum atomic E-state index is 0.231. The standard InChI is InChI=1S/C18H23BrN2/c1-3-16(20)11-15-9-10-17(12-18(15)19)21(2)13-14-7-5-4-6-8-14/h4-10,12,16H,3,11,13,20H2,1-2H3. The van der Waals surface area contributed by atoms with Gasteiger partial charge in [-0.2, -0.15) is 0 Å². The number of benzene rings is 2. The lowest BCUT2D eigenvalue weighted by atomic mass is 10.0. The molecule has 0 aliphatic rings. The average molecular weight is 347 g/mol. The van der Waals surface area contributed by atoms with E-state index in [0.29, 0.717) is 0 Å². The largest absolute Gasteiger partial charge is 0.370 e. The fourth-order valence-electron chi connectivity index (χ4n) is 2.31. The number of hydrogen-bond acceptors (Lipinski definition) is 2. The van der Waals surface area contributed by atoms with Crippen molar-refractivity contribution in [2.45, 2.75) is 32.4 Å². The average Bonchev–Trinajstić information content (AvgIpc) is 2.50. The van der Waals surface area contributed by atoms with E-state index >= 15 is 0 Å². The molecule has 0 spiro atoms. The highest BCUT2D eigenvalue weighted by Gasteiger charge is 2.08. The van der Waals surface area contributed by atoms with Crippen molar-refractivity contribution in [3.05, 3.63) is 64.1 Å². The number of nitrogens with zero attached hydrogens (tertiary/aromatic N) is 1. The molecule has 2 aromatic carbocycles. The molecule has 0 radical (unpaired) electrons. The Kier molecular flexibility index (Phi) is 5.83. The molecule has 21 heavy (non-hydrogen) atoms. The molecule has 0 fully saturated rings. The zero-order valence-electron chi connectivity index (χ0n) is 12.7. The van der Waals surface area contributed by atoms with Gasteiger partial charge >= 0.3 is 0 Å². The smallest absolute Gasteiger partial charge is 0.0426 e. The highest BCUT2D eigenvalue weighted by molar-refractivity contribution is 9.10. The second-order valence-corrected chi connectivity index (χ2v) is 6.34. The molecular formula is C18H23BrN2. The first-order valence-electron chi connectivity index (χ1n) is 7.39. The Labute approximate surface area is 136 Å². The van der Waals surface area contributed by atoms with Crippen LogP contribution in [0, 0.1) is 0 Å². The zero-order chi connectivity index (χ0) is 15.2. The van der Waals surface area contributed by atoms with Crippen LogP contribution in [0.2, 0.25) is 0 Å². The van der Waals surface area contributed by atoms with Crippen LogP contribution in [-0.4, -0.2) is 13.1 Å². The SMILES string of the molecule is CCC(N)Cc1ccc(N(C)Cc2ccccc2)cc1Br. The van der Waals surface area contributed by atoms with Gasteiger partial charge < -0.3 is 10.6 Å². The first kappa shape index (κ1) is 16.1. The number of hydrogen-bond donors (Lipinski definition) is 1. The molecule has 0 aliphatic heterocycles. The molecular weight excluding hydrogens is 324 g/mol. The lowest BCUT2D eigenvalue weighted by molar-refractivity contribution is 0.645. The first-order valence-corrected chi connectivity index (χ1v) is 8.18. The minimum Gasteiger partial charge on any atom is -0.370 e. The summed E-state index contributed by atoms with van der Waals surface area (Å²) in [6.45, 7) is 3.03. The fourth-order valence-corrected chi connectivity index (χ4v) is 2.84. The van der Waals surface area contributed by atoms with E-state index < -0.39 is 0 Å². The third-order valence-electron chi connectivity index (χ3n) is 3.75. The molecule has 0 heterocycles. The maximum Gasteiger partial charge on any atom is 0.0426 e. The minimum absolute atomic E-state index is 0.231. The molecule has 0 aliphatic carbocycles. The number of halogens is 1. The normalized spacial score (nSPS) is 12.2. The van der Waals surface area contributed by atoms with Gasteiger partial charge in [-0.1, -0.05) is 59.3 Å². The predicted octanol–water partition coefficient (Wildman–Crippen LogP) is 4.37. The highest BCUT2D eigenvalue weighted by Crippen LogP contribution is 2.25. The van der Waals surface area contributed by atoms with Crippen LogP contribution in [0.5, 0.6) is 0 Å². The molecule has 0 saturated heterocycles. The Bertz CT molecular complexity index is 569. The van der Waals surface area contributed by atoms with E-state index in [1.165, 1.54) is 16.8 Å². The number of rotatable bonds is 6. The van der Waals surface area contributed by atoms with Gasteiger partial charge in [-0.15, -0.1) is 0 Å². The van der Waals surface area contributed by atoms with Crippen molar-refractivity contribution >= 4 is 21.6 Å². The van der Waals surface area contributed by atoms with Gasteiger partial charge in [-0.25, -0.2) is 0 Å². The van der Waals surface area contributed by atoms with Crippen molar-refractivity contribution in [2.75, 3.05) is 11.9 Å². The predicted molar refractivity (Wildman–Crippen MR) is 94.7 cm³/mol. The molecule has 3 heteroatoms. The maximum absolute atomic E-state index is 6.04. The second-order valence-electron chi connectivity index (χ2n) is 5.49.